The van der Waals surface area contributed by atoms with Gasteiger partial charge in [0.05, 0.1) is 31.7 Å². The van der Waals surface area contributed by atoms with Gasteiger partial charge < -0.3 is 14.4 Å². The van der Waals surface area contributed by atoms with Crippen LogP contribution in [0.4, 0.5) is 0 Å². The molecular formula is C24H27N3O5. The quantitative estimate of drug-likeness (QED) is 0.591. The second-order valence-corrected chi connectivity index (χ2v) is 7.91. The molecule has 0 radical (unpaired) electrons. The Kier molecular flexibility index (Phi) is 6.30. The predicted octanol–water partition coefficient (Wildman–Crippen LogP) is 2.24. The summed E-state index contributed by atoms with van der Waals surface area (Å²) in [7, 11) is 2.98. The fourth-order valence-corrected chi connectivity index (χ4v) is 4.18. The van der Waals surface area contributed by atoms with Crippen LogP contribution in [0.2, 0.25) is 0 Å². The number of benzene rings is 2. The van der Waals surface area contributed by atoms with E-state index in [0.717, 1.165) is 24.8 Å². The standard InChI is InChI=1S/C24H27N3O5/c1-31-20-13-18-19(14-21(20)32-2)26(16-22(28)25-11-7-4-8-12-25)24(30)27(23(18)29)15-17-9-5-3-6-10-17/h3,5-6,9-10,13-14H,4,7-8,11-12,15-16H2,1-2H3. The summed E-state index contributed by atoms with van der Waals surface area (Å²) in [6.07, 6.45) is 3.02. The number of ether oxygens (including phenoxy) is 2. The largest absolute Gasteiger partial charge is 0.493 e. The number of fused-ring (bicyclic) bond motifs is 1. The van der Waals surface area contributed by atoms with Crippen LogP contribution in [0.3, 0.4) is 0 Å². The molecule has 2 aromatic carbocycles. The van der Waals surface area contributed by atoms with Crippen LogP contribution in [0, 0.1) is 0 Å². The van der Waals surface area contributed by atoms with Gasteiger partial charge in [-0.25, -0.2) is 4.79 Å². The zero-order chi connectivity index (χ0) is 22.7. The summed E-state index contributed by atoms with van der Waals surface area (Å²) in [5, 5.41) is 0.296. The highest BCUT2D eigenvalue weighted by molar-refractivity contribution is 5.84. The summed E-state index contributed by atoms with van der Waals surface area (Å²) in [6, 6.07) is 12.5. The fraction of sp³-hybridized carbons (Fsp3) is 0.375. The van der Waals surface area contributed by atoms with E-state index >= 15 is 0 Å². The van der Waals surface area contributed by atoms with Crippen LogP contribution in [0.25, 0.3) is 10.9 Å². The highest BCUT2D eigenvalue weighted by Gasteiger charge is 2.22. The first-order valence-electron chi connectivity index (χ1n) is 10.7. The van der Waals surface area contributed by atoms with Crippen molar-refractivity contribution in [2.45, 2.75) is 32.4 Å². The van der Waals surface area contributed by atoms with Gasteiger partial charge in [-0.3, -0.25) is 18.7 Å². The van der Waals surface area contributed by atoms with Gasteiger partial charge in [0.2, 0.25) is 5.91 Å². The minimum Gasteiger partial charge on any atom is -0.493 e. The van der Waals surface area contributed by atoms with E-state index in [1.54, 1.807) is 17.0 Å². The number of nitrogens with zero attached hydrogens (tertiary/aromatic N) is 3. The highest BCUT2D eigenvalue weighted by atomic mass is 16.5. The Hall–Kier alpha value is -3.55. The lowest BCUT2D eigenvalue weighted by Gasteiger charge is -2.27. The number of hydrogen-bond donors (Lipinski definition) is 0. The Bertz CT molecular complexity index is 1240. The van der Waals surface area contributed by atoms with Crippen LogP contribution in [-0.2, 0) is 17.9 Å². The van der Waals surface area contributed by atoms with Gasteiger partial charge in [-0.1, -0.05) is 30.3 Å². The van der Waals surface area contributed by atoms with Crippen molar-refractivity contribution < 1.29 is 14.3 Å². The monoisotopic (exact) mass is 437 g/mol. The number of aromatic nitrogens is 2. The number of hydrogen-bond acceptors (Lipinski definition) is 5. The molecule has 0 atom stereocenters. The lowest BCUT2D eigenvalue weighted by molar-refractivity contribution is -0.132. The molecule has 0 aliphatic carbocycles. The van der Waals surface area contributed by atoms with Gasteiger partial charge in [0, 0.05) is 19.2 Å². The minimum absolute atomic E-state index is 0.112. The average Bonchev–Trinajstić information content (AvgIpc) is 2.84. The normalized spacial score (nSPS) is 13.9. The number of methoxy groups -OCH3 is 2. The molecule has 2 heterocycles. The molecule has 3 aromatic rings. The predicted molar refractivity (Wildman–Crippen MR) is 122 cm³/mol. The first kappa shape index (κ1) is 21.7. The SMILES string of the molecule is COc1cc2c(=O)n(Cc3ccccc3)c(=O)n(CC(=O)N3CCCCC3)c2cc1OC. The van der Waals surface area contributed by atoms with Crippen molar-refractivity contribution in [3.63, 3.8) is 0 Å². The molecule has 0 unspecified atom stereocenters. The number of rotatable bonds is 6. The Morgan fingerprint density at radius 1 is 0.906 bits per heavy atom. The van der Waals surface area contributed by atoms with Crippen molar-refractivity contribution in [3.05, 3.63) is 68.9 Å². The second-order valence-electron chi connectivity index (χ2n) is 7.91. The molecule has 1 aliphatic heterocycles. The summed E-state index contributed by atoms with van der Waals surface area (Å²) in [6.45, 7) is 1.35. The van der Waals surface area contributed by atoms with Crippen LogP contribution < -0.4 is 20.7 Å². The van der Waals surface area contributed by atoms with E-state index in [2.05, 4.69) is 0 Å². The Balaban J connectivity index is 1.89. The van der Waals surface area contributed by atoms with Gasteiger partial charge in [-0.05, 0) is 30.9 Å². The first-order chi connectivity index (χ1) is 15.5. The van der Waals surface area contributed by atoms with Crippen LogP contribution in [0.15, 0.2) is 52.1 Å². The third-order valence-corrected chi connectivity index (χ3v) is 5.92. The van der Waals surface area contributed by atoms with Gasteiger partial charge in [-0.15, -0.1) is 0 Å². The summed E-state index contributed by atoms with van der Waals surface area (Å²) in [5.41, 5.74) is 0.216. The van der Waals surface area contributed by atoms with Gasteiger partial charge in [-0.2, -0.15) is 0 Å². The van der Waals surface area contributed by atoms with Crippen LogP contribution in [0.5, 0.6) is 11.5 Å². The average molecular weight is 437 g/mol. The zero-order valence-corrected chi connectivity index (χ0v) is 18.4. The zero-order valence-electron chi connectivity index (χ0n) is 18.4. The van der Waals surface area contributed by atoms with Crippen molar-refractivity contribution in [2.75, 3.05) is 27.3 Å². The molecule has 0 spiro atoms. The van der Waals surface area contributed by atoms with Gasteiger partial charge in [0.1, 0.15) is 6.54 Å². The molecule has 32 heavy (non-hydrogen) atoms. The molecule has 0 N–H and O–H groups in total. The third kappa shape index (κ3) is 4.12. The number of carbonyl (C=O) groups is 1. The molecule has 4 rings (SSSR count). The minimum atomic E-state index is -0.524. The summed E-state index contributed by atoms with van der Waals surface area (Å²) in [5.74, 6) is 0.641. The van der Waals surface area contributed by atoms with Crippen molar-refractivity contribution in [3.8, 4) is 11.5 Å². The summed E-state index contributed by atoms with van der Waals surface area (Å²) < 4.78 is 13.3. The van der Waals surface area contributed by atoms with Crippen LogP contribution >= 0.6 is 0 Å². The maximum Gasteiger partial charge on any atom is 0.332 e. The third-order valence-electron chi connectivity index (χ3n) is 5.92. The fourth-order valence-electron chi connectivity index (χ4n) is 4.18. The number of amides is 1. The molecule has 1 aromatic heterocycles. The molecule has 1 saturated heterocycles. The lowest BCUT2D eigenvalue weighted by atomic mass is 10.1. The van der Waals surface area contributed by atoms with E-state index in [1.807, 2.05) is 30.3 Å². The van der Waals surface area contributed by atoms with Gasteiger partial charge >= 0.3 is 5.69 Å². The van der Waals surface area contributed by atoms with E-state index in [1.165, 1.54) is 23.4 Å². The first-order valence-corrected chi connectivity index (χ1v) is 10.7. The maximum absolute atomic E-state index is 13.5. The molecule has 0 saturated carbocycles. The molecule has 1 fully saturated rings. The van der Waals surface area contributed by atoms with Crippen molar-refractivity contribution in [1.82, 2.24) is 14.0 Å². The summed E-state index contributed by atoms with van der Waals surface area (Å²) >= 11 is 0. The van der Waals surface area contributed by atoms with Crippen LogP contribution in [-0.4, -0.2) is 47.3 Å². The van der Waals surface area contributed by atoms with E-state index in [-0.39, 0.29) is 19.0 Å². The smallest absolute Gasteiger partial charge is 0.332 e. The second kappa shape index (κ2) is 9.30. The summed E-state index contributed by atoms with van der Waals surface area (Å²) in [4.78, 5) is 41.6. The molecular weight excluding hydrogens is 410 g/mol. The Labute approximate surface area is 185 Å². The lowest BCUT2D eigenvalue weighted by Crippen LogP contribution is -2.44. The van der Waals surface area contributed by atoms with Crippen molar-refractivity contribution in [1.29, 1.82) is 0 Å². The van der Waals surface area contributed by atoms with Gasteiger partial charge in [0.15, 0.2) is 11.5 Å². The van der Waals surface area contributed by atoms with Crippen molar-refractivity contribution in [2.24, 2.45) is 0 Å². The molecule has 1 aliphatic rings. The maximum atomic E-state index is 13.5. The molecule has 168 valence electrons. The van der Waals surface area contributed by atoms with E-state index < -0.39 is 11.2 Å². The molecule has 8 nitrogen and oxygen atoms in total. The van der Waals surface area contributed by atoms with E-state index in [0.29, 0.717) is 35.5 Å². The van der Waals surface area contributed by atoms with Gasteiger partial charge in [0.25, 0.3) is 5.56 Å². The van der Waals surface area contributed by atoms with Crippen molar-refractivity contribution >= 4 is 16.8 Å². The number of piperidine rings is 1. The highest BCUT2D eigenvalue weighted by Crippen LogP contribution is 2.30. The van der Waals surface area contributed by atoms with Crippen LogP contribution in [0.1, 0.15) is 24.8 Å². The Morgan fingerprint density at radius 3 is 2.22 bits per heavy atom. The number of carbonyl (C=O) groups excluding carboxylic acids is 1. The Morgan fingerprint density at radius 2 is 1.56 bits per heavy atom. The molecule has 0 bridgehead atoms. The van der Waals surface area contributed by atoms with E-state index in [9.17, 15) is 14.4 Å². The van der Waals surface area contributed by atoms with E-state index in [4.69, 9.17) is 9.47 Å². The number of likely N-dealkylation sites (tertiary alicyclic amines) is 1. The molecule has 1 amide bonds. The molecule has 8 heteroatoms. The topological polar surface area (TPSA) is 82.8 Å².